The number of benzene rings is 2. The highest BCUT2D eigenvalue weighted by molar-refractivity contribution is 7.13. The quantitative estimate of drug-likeness (QED) is 0.542. The zero-order valence-corrected chi connectivity index (χ0v) is 16.2. The predicted molar refractivity (Wildman–Crippen MR) is 112 cm³/mol. The fraction of sp³-hybridized carbons (Fsp3) is 0.261. The van der Waals surface area contributed by atoms with Crippen molar-refractivity contribution in [3.05, 3.63) is 71.1 Å². The van der Waals surface area contributed by atoms with Gasteiger partial charge in [0, 0.05) is 29.2 Å². The molecule has 4 rings (SSSR count). The molecule has 0 saturated carbocycles. The van der Waals surface area contributed by atoms with E-state index in [-0.39, 0.29) is 5.92 Å². The second-order valence-electron chi connectivity index (χ2n) is 6.83. The number of thiophene rings is 1. The molecule has 3 aromatic rings. The lowest BCUT2D eigenvalue weighted by atomic mass is 9.90. The third kappa shape index (κ3) is 3.62. The van der Waals surface area contributed by atoms with E-state index in [2.05, 4.69) is 46.7 Å². The van der Waals surface area contributed by atoms with E-state index >= 15 is 0 Å². The molecule has 3 nitrogen and oxygen atoms in total. The van der Waals surface area contributed by atoms with E-state index in [1.165, 1.54) is 23.4 Å². The zero-order valence-electron chi connectivity index (χ0n) is 15.4. The lowest BCUT2D eigenvalue weighted by molar-refractivity contribution is -0.108. The third-order valence-corrected chi connectivity index (χ3v) is 6.15. The molecule has 1 atom stereocenters. The molecule has 0 amide bonds. The van der Waals surface area contributed by atoms with Gasteiger partial charge in [0.2, 0.25) is 0 Å². The highest BCUT2D eigenvalue weighted by Crippen LogP contribution is 2.36. The Hall–Kier alpha value is -2.59. The minimum absolute atomic E-state index is 0.340. The summed E-state index contributed by atoms with van der Waals surface area (Å²) >= 11 is 1.69. The number of methoxy groups -OCH3 is 1. The standard InChI is InChI=1S/C23H23NO2S/c1-26-22-11-8-18(23-5-4-14-27-23)15-20(22)21(16-25)17-6-9-19(10-7-17)24-12-2-3-13-24/h4-11,14-16,21H,2-3,12-13H2,1H3. The molecule has 4 heteroatoms. The summed E-state index contributed by atoms with van der Waals surface area (Å²) in [5.41, 5.74) is 4.25. The summed E-state index contributed by atoms with van der Waals surface area (Å²) < 4.78 is 5.56. The van der Waals surface area contributed by atoms with E-state index in [9.17, 15) is 4.79 Å². The van der Waals surface area contributed by atoms with Crippen LogP contribution in [-0.2, 0) is 4.79 Å². The summed E-state index contributed by atoms with van der Waals surface area (Å²) in [6.07, 6.45) is 3.53. The smallest absolute Gasteiger partial charge is 0.131 e. The van der Waals surface area contributed by atoms with E-state index in [0.717, 1.165) is 41.8 Å². The van der Waals surface area contributed by atoms with Gasteiger partial charge in [0.05, 0.1) is 13.0 Å². The van der Waals surface area contributed by atoms with E-state index in [1.54, 1.807) is 18.4 Å². The molecule has 1 aliphatic rings. The maximum atomic E-state index is 12.0. The summed E-state index contributed by atoms with van der Waals surface area (Å²) in [6.45, 7) is 2.24. The number of hydrogen-bond acceptors (Lipinski definition) is 4. The summed E-state index contributed by atoms with van der Waals surface area (Å²) in [6, 6.07) is 18.6. The van der Waals surface area contributed by atoms with Crippen LogP contribution in [0.2, 0.25) is 0 Å². The van der Waals surface area contributed by atoms with E-state index in [0.29, 0.717) is 0 Å². The summed E-state index contributed by atoms with van der Waals surface area (Å²) in [4.78, 5) is 15.6. The lowest BCUT2D eigenvalue weighted by Crippen LogP contribution is -2.17. The Bertz CT molecular complexity index is 897. The molecule has 0 bridgehead atoms. The van der Waals surface area contributed by atoms with Crippen molar-refractivity contribution in [3.8, 4) is 16.2 Å². The maximum absolute atomic E-state index is 12.0. The number of anilines is 1. The van der Waals surface area contributed by atoms with Gasteiger partial charge in [-0.25, -0.2) is 0 Å². The van der Waals surface area contributed by atoms with E-state index < -0.39 is 0 Å². The molecule has 27 heavy (non-hydrogen) atoms. The number of rotatable bonds is 6. The molecule has 1 aromatic heterocycles. The first-order valence-corrected chi connectivity index (χ1v) is 10.2. The number of aldehydes is 1. The molecule has 2 aromatic carbocycles. The molecule has 1 saturated heterocycles. The Labute approximate surface area is 164 Å². The Kier molecular flexibility index (Phi) is 5.26. The van der Waals surface area contributed by atoms with E-state index in [1.807, 2.05) is 18.2 Å². The van der Waals surface area contributed by atoms with Crippen LogP contribution in [0.15, 0.2) is 60.0 Å². The van der Waals surface area contributed by atoms with Crippen LogP contribution in [-0.4, -0.2) is 26.5 Å². The average molecular weight is 378 g/mol. The molecule has 138 valence electrons. The van der Waals surface area contributed by atoms with Crippen LogP contribution < -0.4 is 9.64 Å². The van der Waals surface area contributed by atoms with Crippen LogP contribution in [0.3, 0.4) is 0 Å². The van der Waals surface area contributed by atoms with Gasteiger partial charge in [-0.05, 0) is 65.7 Å². The minimum atomic E-state index is -0.340. The highest BCUT2D eigenvalue weighted by atomic mass is 32.1. The van der Waals surface area contributed by atoms with Crippen molar-refractivity contribution in [2.24, 2.45) is 0 Å². The molecule has 1 fully saturated rings. The Morgan fingerprint density at radius 2 is 1.85 bits per heavy atom. The molecule has 0 aliphatic carbocycles. The third-order valence-electron chi connectivity index (χ3n) is 5.23. The number of nitrogens with zero attached hydrogens (tertiary/aromatic N) is 1. The van der Waals surface area contributed by atoms with Gasteiger partial charge < -0.3 is 14.4 Å². The van der Waals surface area contributed by atoms with Crippen molar-refractivity contribution in [2.75, 3.05) is 25.1 Å². The number of carbonyl (C=O) groups excluding carboxylic acids is 1. The first kappa shape index (κ1) is 17.8. The number of hydrogen-bond donors (Lipinski definition) is 0. The second kappa shape index (κ2) is 7.97. The predicted octanol–water partition coefficient (Wildman–Crippen LogP) is 5.35. The van der Waals surface area contributed by atoms with Crippen molar-refractivity contribution in [1.29, 1.82) is 0 Å². The zero-order chi connectivity index (χ0) is 18.6. The molecule has 1 aliphatic heterocycles. The van der Waals surface area contributed by atoms with E-state index in [4.69, 9.17) is 4.74 Å². The molecular weight excluding hydrogens is 354 g/mol. The molecule has 0 radical (unpaired) electrons. The van der Waals surface area contributed by atoms with Crippen LogP contribution in [0, 0.1) is 0 Å². The molecule has 1 unspecified atom stereocenters. The highest BCUT2D eigenvalue weighted by Gasteiger charge is 2.20. The van der Waals surface area contributed by atoms with Gasteiger partial charge in [-0.2, -0.15) is 0 Å². The molecule has 2 heterocycles. The maximum Gasteiger partial charge on any atom is 0.131 e. The van der Waals surface area contributed by atoms with Gasteiger partial charge in [0.15, 0.2) is 0 Å². The minimum Gasteiger partial charge on any atom is -0.496 e. The van der Waals surface area contributed by atoms with Gasteiger partial charge in [-0.3, -0.25) is 0 Å². The molecule has 0 spiro atoms. The normalized spacial score (nSPS) is 14.9. The van der Waals surface area contributed by atoms with Crippen molar-refractivity contribution < 1.29 is 9.53 Å². The monoisotopic (exact) mass is 377 g/mol. The van der Waals surface area contributed by atoms with Gasteiger partial charge in [0.25, 0.3) is 0 Å². The Morgan fingerprint density at radius 3 is 2.48 bits per heavy atom. The van der Waals surface area contributed by atoms with Crippen LogP contribution in [0.25, 0.3) is 10.4 Å². The van der Waals surface area contributed by atoms with Crippen LogP contribution in [0.4, 0.5) is 5.69 Å². The van der Waals surface area contributed by atoms with Crippen molar-refractivity contribution in [1.82, 2.24) is 0 Å². The van der Waals surface area contributed by atoms with Gasteiger partial charge in [0.1, 0.15) is 12.0 Å². The van der Waals surface area contributed by atoms with Crippen LogP contribution >= 0.6 is 11.3 Å². The van der Waals surface area contributed by atoms with Gasteiger partial charge in [-0.1, -0.05) is 18.2 Å². The number of carbonyl (C=O) groups is 1. The Balaban J connectivity index is 1.69. The van der Waals surface area contributed by atoms with Gasteiger partial charge >= 0.3 is 0 Å². The Morgan fingerprint density at radius 1 is 1.07 bits per heavy atom. The lowest BCUT2D eigenvalue weighted by Gasteiger charge is -2.20. The van der Waals surface area contributed by atoms with Crippen molar-refractivity contribution >= 4 is 23.3 Å². The van der Waals surface area contributed by atoms with Crippen molar-refractivity contribution in [2.45, 2.75) is 18.8 Å². The molecular formula is C23H23NO2S. The largest absolute Gasteiger partial charge is 0.496 e. The SMILES string of the molecule is COc1ccc(-c2cccs2)cc1C(C=O)c1ccc(N2CCCC2)cc1. The van der Waals surface area contributed by atoms with Crippen molar-refractivity contribution in [3.63, 3.8) is 0 Å². The first-order chi connectivity index (χ1) is 13.3. The topological polar surface area (TPSA) is 29.5 Å². The molecule has 0 N–H and O–H groups in total. The summed E-state index contributed by atoms with van der Waals surface area (Å²) in [5, 5.41) is 2.06. The van der Waals surface area contributed by atoms with Crippen LogP contribution in [0.1, 0.15) is 29.9 Å². The average Bonchev–Trinajstić information content (AvgIpc) is 3.43. The fourth-order valence-corrected chi connectivity index (χ4v) is 4.50. The summed E-state index contributed by atoms with van der Waals surface area (Å²) in [7, 11) is 1.65. The summed E-state index contributed by atoms with van der Waals surface area (Å²) in [5.74, 6) is 0.406. The second-order valence-corrected chi connectivity index (χ2v) is 7.78. The van der Waals surface area contributed by atoms with Crippen LogP contribution in [0.5, 0.6) is 5.75 Å². The first-order valence-electron chi connectivity index (χ1n) is 9.32. The number of ether oxygens (including phenoxy) is 1. The fourth-order valence-electron chi connectivity index (χ4n) is 3.77. The van der Waals surface area contributed by atoms with Gasteiger partial charge in [-0.15, -0.1) is 11.3 Å².